The summed E-state index contributed by atoms with van der Waals surface area (Å²) < 4.78 is 19.6. The fraction of sp³-hybridized carbons (Fsp3) is 0.296. The lowest BCUT2D eigenvalue weighted by atomic mass is 10.1. The maximum absolute atomic E-state index is 13.1. The second kappa shape index (κ2) is 9.92. The first-order valence-electron chi connectivity index (χ1n) is 11.9. The van der Waals surface area contributed by atoms with Crippen molar-refractivity contribution in [3.05, 3.63) is 68.5 Å². The third-order valence-electron chi connectivity index (χ3n) is 5.80. The van der Waals surface area contributed by atoms with E-state index in [9.17, 15) is 4.79 Å². The number of furan rings is 1. The van der Waals surface area contributed by atoms with Gasteiger partial charge in [-0.05, 0) is 50.1 Å². The molecule has 0 saturated carbocycles. The van der Waals surface area contributed by atoms with Crippen molar-refractivity contribution in [1.82, 2.24) is 14.6 Å². The first kappa shape index (κ1) is 23.1. The van der Waals surface area contributed by atoms with Gasteiger partial charge in [0.15, 0.2) is 17.3 Å². The monoisotopic (exact) mass is 489 g/mol. The van der Waals surface area contributed by atoms with E-state index >= 15 is 0 Å². The van der Waals surface area contributed by atoms with Gasteiger partial charge in [-0.3, -0.25) is 4.79 Å². The SMILES string of the molecule is CCCCCOc1ccc(/C=c2/sc3nc(-c4oc5ccccc5c4C)nn3c2=O)cc1OCC. The molecule has 0 N–H and O–H groups in total. The van der Waals surface area contributed by atoms with Crippen LogP contribution in [0.5, 0.6) is 11.5 Å². The molecule has 0 atom stereocenters. The zero-order valence-electron chi connectivity index (χ0n) is 20.0. The van der Waals surface area contributed by atoms with E-state index in [4.69, 9.17) is 13.9 Å². The lowest BCUT2D eigenvalue weighted by molar-refractivity contribution is 0.271. The number of rotatable bonds is 9. The molecule has 8 heteroatoms. The summed E-state index contributed by atoms with van der Waals surface area (Å²) in [4.78, 5) is 18.2. The van der Waals surface area contributed by atoms with Crippen molar-refractivity contribution in [2.24, 2.45) is 0 Å². The van der Waals surface area contributed by atoms with E-state index in [0.717, 1.165) is 47.1 Å². The van der Waals surface area contributed by atoms with Crippen LogP contribution in [-0.2, 0) is 0 Å². The highest BCUT2D eigenvalue weighted by Crippen LogP contribution is 2.31. The molecule has 0 fully saturated rings. The average molecular weight is 490 g/mol. The van der Waals surface area contributed by atoms with Crippen LogP contribution in [0.3, 0.4) is 0 Å². The fourth-order valence-corrected chi connectivity index (χ4v) is 4.91. The summed E-state index contributed by atoms with van der Waals surface area (Å²) in [7, 11) is 0. The van der Waals surface area contributed by atoms with Crippen LogP contribution in [0.2, 0.25) is 0 Å². The second-order valence-electron chi connectivity index (χ2n) is 8.29. The Labute approximate surface area is 206 Å². The van der Waals surface area contributed by atoms with E-state index in [0.29, 0.717) is 40.0 Å². The summed E-state index contributed by atoms with van der Waals surface area (Å²) in [5.41, 5.74) is 2.37. The largest absolute Gasteiger partial charge is 0.490 e. The maximum Gasteiger partial charge on any atom is 0.291 e. The van der Waals surface area contributed by atoms with Crippen LogP contribution in [-0.4, -0.2) is 27.8 Å². The van der Waals surface area contributed by atoms with Crippen LogP contribution in [0, 0.1) is 6.92 Å². The molecular formula is C27H27N3O4S. The van der Waals surface area contributed by atoms with Crippen molar-refractivity contribution in [2.75, 3.05) is 13.2 Å². The van der Waals surface area contributed by atoms with Gasteiger partial charge in [-0.1, -0.05) is 55.4 Å². The number of para-hydroxylation sites is 1. The zero-order chi connectivity index (χ0) is 24.4. The smallest absolute Gasteiger partial charge is 0.291 e. The topological polar surface area (TPSA) is 78.9 Å². The number of ether oxygens (including phenoxy) is 2. The highest BCUT2D eigenvalue weighted by atomic mass is 32.1. The number of nitrogens with zero attached hydrogens (tertiary/aromatic N) is 3. The molecule has 2 aromatic carbocycles. The van der Waals surface area contributed by atoms with Gasteiger partial charge in [-0.25, -0.2) is 0 Å². The van der Waals surface area contributed by atoms with E-state index in [1.165, 1.54) is 15.9 Å². The average Bonchev–Trinajstić information content (AvgIpc) is 3.51. The maximum atomic E-state index is 13.1. The molecule has 0 amide bonds. The van der Waals surface area contributed by atoms with Crippen molar-refractivity contribution >= 4 is 33.3 Å². The van der Waals surface area contributed by atoms with E-state index in [2.05, 4.69) is 17.0 Å². The Hall–Kier alpha value is -3.65. The van der Waals surface area contributed by atoms with Crippen LogP contribution in [0.4, 0.5) is 0 Å². The number of benzene rings is 2. The highest BCUT2D eigenvalue weighted by molar-refractivity contribution is 7.15. The van der Waals surface area contributed by atoms with Crippen molar-refractivity contribution in [2.45, 2.75) is 40.0 Å². The van der Waals surface area contributed by atoms with Gasteiger partial charge in [0.2, 0.25) is 10.8 Å². The summed E-state index contributed by atoms with van der Waals surface area (Å²) in [5, 5.41) is 5.47. The number of fused-ring (bicyclic) bond motifs is 2. The Morgan fingerprint density at radius 2 is 1.94 bits per heavy atom. The summed E-state index contributed by atoms with van der Waals surface area (Å²) in [6, 6.07) is 13.5. The molecule has 0 aliphatic heterocycles. The molecule has 0 saturated heterocycles. The molecule has 0 unspecified atom stereocenters. The number of aryl methyl sites for hydroxylation is 1. The van der Waals surface area contributed by atoms with Gasteiger partial charge in [0.05, 0.1) is 17.7 Å². The van der Waals surface area contributed by atoms with Crippen LogP contribution in [0.25, 0.3) is 33.6 Å². The number of aromatic nitrogens is 3. The van der Waals surface area contributed by atoms with Crippen LogP contribution in [0.1, 0.15) is 44.2 Å². The first-order chi connectivity index (χ1) is 17.1. The zero-order valence-corrected chi connectivity index (χ0v) is 20.9. The predicted octanol–water partition coefficient (Wildman–Crippen LogP) is 5.39. The molecule has 3 aromatic heterocycles. The van der Waals surface area contributed by atoms with Gasteiger partial charge in [0.1, 0.15) is 5.58 Å². The van der Waals surface area contributed by atoms with E-state index in [1.54, 1.807) is 0 Å². The molecular weight excluding hydrogens is 462 g/mol. The van der Waals surface area contributed by atoms with Gasteiger partial charge in [-0.15, -0.1) is 5.10 Å². The van der Waals surface area contributed by atoms with Gasteiger partial charge in [0.25, 0.3) is 5.56 Å². The summed E-state index contributed by atoms with van der Waals surface area (Å²) in [5.74, 6) is 2.39. The molecule has 5 aromatic rings. The molecule has 180 valence electrons. The first-order valence-corrected chi connectivity index (χ1v) is 12.7. The molecule has 35 heavy (non-hydrogen) atoms. The summed E-state index contributed by atoms with van der Waals surface area (Å²) in [6.45, 7) is 7.26. The predicted molar refractivity (Wildman–Crippen MR) is 138 cm³/mol. The van der Waals surface area contributed by atoms with Gasteiger partial charge in [-0.2, -0.15) is 9.50 Å². The molecule has 7 nitrogen and oxygen atoms in total. The summed E-state index contributed by atoms with van der Waals surface area (Å²) in [6.07, 6.45) is 5.12. The van der Waals surface area contributed by atoms with Gasteiger partial charge >= 0.3 is 0 Å². The molecule has 0 spiro atoms. The number of hydrogen-bond donors (Lipinski definition) is 0. The summed E-state index contributed by atoms with van der Waals surface area (Å²) >= 11 is 1.30. The van der Waals surface area contributed by atoms with Crippen LogP contribution in [0.15, 0.2) is 51.7 Å². The number of thiazole rings is 1. The minimum Gasteiger partial charge on any atom is -0.490 e. The Morgan fingerprint density at radius 1 is 1.09 bits per heavy atom. The normalized spacial score (nSPS) is 12.1. The molecule has 0 radical (unpaired) electrons. The Kier molecular flexibility index (Phi) is 6.55. The molecule has 0 aliphatic rings. The van der Waals surface area contributed by atoms with E-state index in [1.807, 2.05) is 62.4 Å². The van der Waals surface area contributed by atoms with Crippen molar-refractivity contribution in [1.29, 1.82) is 0 Å². The Balaban J connectivity index is 1.46. The minimum absolute atomic E-state index is 0.213. The van der Waals surface area contributed by atoms with Gasteiger partial charge < -0.3 is 13.9 Å². The Morgan fingerprint density at radius 3 is 2.71 bits per heavy atom. The minimum atomic E-state index is -0.213. The lowest BCUT2D eigenvalue weighted by Gasteiger charge is -2.12. The highest BCUT2D eigenvalue weighted by Gasteiger charge is 2.19. The van der Waals surface area contributed by atoms with Crippen molar-refractivity contribution < 1.29 is 13.9 Å². The number of unbranched alkanes of at least 4 members (excludes halogenated alkanes) is 2. The standard InChI is InChI=1S/C27H27N3O4S/c1-4-6-9-14-33-21-13-12-18(15-22(21)32-5-2)16-23-26(31)30-27(35-23)28-25(29-30)24-17(3)19-10-7-8-11-20(19)34-24/h7-8,10-13,15-16H,4-6,9,14H2,1-3H3/b23-16+. The Bertz CT molecular complexity index is 1600. The third-order valence-corrected chi connectivity index (χ3v) is 6.76. The molecule has 0 aliphatic carbocycles. The van der Waals surface area contributed by atoms with Crippen molar-refractivity contribution in [3.63, 3.8) is 0 Å². The van der Waals surface area contributed by atoms with Gasteiger partial charge in [0, 0.05) is 10.9 Å². The molecule has 3 heterocycles. The third kappa shape index (κ3) is 4.53. The van der Waals surface area contributed by atoms with Crippen molar-refractivity contribution in [3.8, 4) is 23.1 Å². The number of hydrogen-bond acceptors (Lipinski definition) is 7. The van der Waals surface area contributed by atoms with E-state index in [-0.39, 0.29) is 5.56 Å². The quantitative estimate of drug-likeness (QED) is 0.258. The van der Waals surface area contributed by atoms with E-state index < -0.39 is 0 Å². The van der Waals surface area contributed by atoms with Crippen LogP contribution >= 0.6 is 11.3 Å². The molecule has 0 bridgehead atoms. The van der Waals surface area contributed by atoms with Crippen LogP contribution < -0.4 is 19.6 Å². The molecule has 5 rings (SSSR count). The lowest BCUT2D eigenvalue weighted by Crippen LogP contribution is -2.23. The fourth-order valence-electron chi connectivity index (χ4n) is 4.01. The second-order valence-corrected chi connectivity index (χ2v) is 9.30.